The number of hydrogen-bond acceptors (Lipinski definition) is 4. The van der Waals surface area contributed by atoms with Crippen molar-refractivity contribution in [3.63, 3.8) is 0 Å². The van der Waals surface area contributed by atoms with Crippen molar-refractivity contribution >= 4 is 23.2 Å². The first kappa shape index (κ1) is 11.8. The van der Waals surface area contributed by atoms with Crippen molar-refractivity contribution in [3.05, 3.63) is 23.3 Å². The minimum atomic E-state index is -0.359. The fraction of sp³-hybridized carbons (Fsp3) is 0.200. The number of nitrogen functional groups attached to an aromatic ring is 2. The van der Waals surface area contributed by atoms with E-state index in [1.807, 2.05) is 0 Å². The van der Waals surface area contributed by atoms with Crippen LogP contribution in [0.1, 0.15) is 20.7 Å². The molecule has 86 valence electrons. The van der Waals surface area contributed by atoms with E-state index in [9.17, 15) is 9.59 Å². The highest BCUT2D eigenvalue weighted by molar-refractivity contribution is 6.06. The number of nitrogens with two attached hydrogens (primary N) is 2. The van der Waals surface area contributed by atoms with E-state index >= 15 is 0 Å². The Balaban J connectivity index is 3.32. The van der Waals surface area contributed by atoms with Crippen molar-refractivity contribution in [1.82, 2.24) is 10.6 Å². The number of rotatable bonds is 2. The zero-order valence-corrected chi connectivity index (χ0v) is 9.13. The summed E-state index contributed by atoms with van der Waals surface area (Å²) in [5, 5.41) is 4.87. The SMILES string of the molecule is CNC(=O)c1cc(C(=O)NC)c(N)cc1N. The van der Waals surface area contributed by atoms with Crippen LogP contribution < -0.4 is 22.1 Å². The summed E-state index contributed by atoms with van der Waals surface area (Å²) < 4.78 is 0. The van der Waals surface area contributed by atoms with Gasteiger partial charge in [-0.2, -0.15) is 0 Å². The van der Waals surface area contributed by atoms with Gasteiger partial charge in [-0.25, -0.2) is 0 Å². The number of nitrogens with one attached hydrogen (secondary N) is 2. The van der Waals surface area contributed by atoms with Crippen LogP contribution in [0.5, 0.6) is 0 Å². The van der Waals surface area contributed by atoms with E-state index in [-0.39, 0.29) is 34.3 Å². The number of carbonyl (C=O) groups is 2. The summed E-state index contributed by atoms with van der Waals surface area (Å²) >= 11 is 0. The third-order valence-electron chi connectivity index (χ3n) is 2.17. The Hall–Kier alpha value is -2.24. The van der Waals surface area contributed by atoms with Crippen LogP contribution in [0, 0.1) is 0 Å². The van der Waals surface area contributed by atoms with Crippen molar-refractivity contribution in [2.24, 2.45) is 0 Å². The summed E-state index contributed by atoms with van der Waals surface area (Å²) in [6.07, 6.45) is 0. The summed E-state index contributed by atoms with van der Waals surface area (Å²) in [4.78, 5) is 22.9. The molecule has 0 spiro atoms. The van der Waals surface area contributed by atoms with Crippen LogP contribution in [0.15, 0.2) is 12.1 Å². The van der Waals surface area contributed by atoms with Gasteiger partial charge in [0, 0.05) is 25.5 Å². The number of hydrogen-bond donors (Lipinski definition) is 4. The molecule has 1 aromatic carbocycles. The standard InChI is InChI=1S/C10H14N4O2/c1-13-9(15)5-3-6(10(16)14-2)8(12)4-7(5)11/h3-4H,11-12H2,1-2H3,(H,13,15)(H,14,16). The van der Waals surface area contributed by atoms with Gasteiger partial charge in [-0.1, -0.05) is 0 Å². The van der Waals surface area contributed by atoms with Crippen molar-refractivity contribution in [3.8, 4) is 0 Å². The van der Waals surface area contributed by atoms with E-state index in [1.54, 1.807) is 0 Å². The van der Waals surface area contributed by atoms with Crippen molar-refractivity contribution in [1.29, 1.82) is 0 Å². The van der Waals surface area contributed by atoms with Crippen molar-refractivity contribution in [2.45, 2.75) is 0 Å². The largest absolute Gasteiger partial charge is 0.398 e. The Morgan fingerprint density at radius 1 is 0.938 bits per heavy atom. The molecule has 0 heterocycles. The summed E-state index contributed by atoms with van der Waals surface area (Å²) in [6, 6.07) is 2.78. The second-order valence-corrected chi connectivity index (χ2v) is 3.18. The lowest BCUT2D eigenvalue weighted by Crippen LogP contribution is -2.23. The first-order valence-electron chi connectivity index (χ1n) is 4.64. The van der Waals surface area contributed by atoms with Gasteiger partial charge in [0.15, 0.2) is 0 Å². The summed E-state index contributed by atoms with van der Waals surface area (Å²) in [6.45, 7) is 0. The number of amides is 2. The maximum atomic E-state index is 11.4. The molecule has 6 N–H and O–H groups in total. The molecule has 1 rings (SSSR count). The van der Waals surface area contributed by atoms with E-state index in [4.69, 9.17) is 11.5 Å². The van der Waals surface area contributed by atoms with E-state index in [0.717, 1.165) is 0 Å². The van der Waals surface area contributed by atoms with Crippen molar-refractivity contribution < 1.29 is 9.59 Å². The highest BCUT2D eigenvalue weighted by atomic mass is 16.2. The van der Waals surface area contributed by atoms with Crippen LogP contribution >= 0.6 is 0 Å². The van der Waals surface area contributed by atoms with E-state index in [1.165, 1.54) is 26.2 Å². The van der Waals surface area contributed by atoms with E-state index in [2.05, 4.69) is 10.6 Å². The molecule has 0 aromatic heterocycles. The monoisotopic (exact) mass is 222 g/mol. The third kappa shape index (κ3) is 2.05. The van der Waals surface area contributed by atoms with Gasteiger partial charge >= 0.3 is 0 Å². The maximum Gasteiger partial charge on any atom is 0.253 e. The first-order valence-corrected chi connectivity index (χ1v) is 4.64. The van der Waals surface area contributed by atoms with Crippen molar-refractivity contribution in [2.75, 3.05) is 25.6 Å². The predicted octanol–water partition coefficient (Wildman–Crippen LogP) is -0.430. The number of anilines is 2. The smallest absolute Gasteiger partial charge is 0.253 e. The molecule has 0 atom stereocenters. The molecule has 0 bridgehead atoms. The van der Waals surface area contributed by atoms with Gasteiger partial charge in [0.1, 0.15) is 0 Å². The highest BCUT2D eigenvalue weighted by Gasteiger charge is 2.15. The van der Waals surface area contributed by atoms with Crippen LogP contribution in [-0.4, -0.2) is 25.9 Å². The first-order chi connectivity index (χ1) is 7.51. The summed E-state index contributed by atoms with van der Waals surface area (Å²) in [5.74, 6) is -0.717. The highest BCUT2D eigenvalue weighted by Crippen LogP contribution is 2.21. The maximum absolute atomic E-state index is 11.4. The van der Waals surface area contributed by atoms with Gasteiger partial charge in [0.2, 0.25) is 0 Å². The predicted molar refractivity (Wildman–Crippen MR) is 62.0 cm³/mol. The minimum Gasteiger partial charge on any atom is -0.398 e. The Labute approximate surface area is 93.0 Å². The molecule has 0 saturated carbocycles. The molecule has 0 unspecified atom stereocenters. The van der Waals surface area contributed by atoms with Crippen LogP contribution in [0.4, 0.5) is 11.4 Å². The van der Waals surface area contributed by atoms with E-state index in [0.29, 0.717) is 0 Å². The molecule has 6 nitrogen and oxygen atoms in total. The van der Waals surface area contributed by atoms with Gasteiger partial charge < -0.3 is 22.1 Å². The quantitative estimate of drug-likeness (QED) is 0.509. The molecule has 0 radical (unpaired) electrons. The molecule has 0 fully saturated rings. The lowest BCUT2D eigenvalue weighted by Gasteiger charge is -2.09. The summed E-state index contributed by atoms with van der Waals surface area (Å²) in [5.41, 5.74) is 12.2. The lowest BCUT2D eigenvalue weighted by atomic mass is 10.1. The number of carbonyl (C=O) groups excluding carboxylic acids is 2. The molecule has 0 saturated heterocycles. The second-order valence-electron chi connectivity index (χ2n) is 3.18. The van der Waals surface area contributed by atoms with Crippen LogP contribution in [0.2, 0.25) is 0 Å². The van der Waals surface area contributed by atoms with Crippen LogP contribution in [-0.2, 0) is 0 Å². The van der Waals surface area contributed by atoms with E-state index < -0.39 is 0 Å². The number of benzene rings is 1. The fourth-order valence-electron chi connectivity index (χ4n) is 1.30. The Kier molecular flexibility index (Phi) is 3.34. The van der Waals surface area contributed by atoms with Crippen LogP contribution in [0.3, 0.4) is 0 Å². The normalized spacial score (nSPS) is 9.62. The Morgan fingerprint density at radius 2 is 1.31 bits per heavy atom. The molecule has 0 aliphatic rings. The fourth-order valence-corrected chi connectivity index (χ4v) is 1.30. The van der Waals surface area contributed by atoms with Gasteiger partial charge in [-0.15, -0.1) is 0 Å². The Morgan fingerprint density at radius 3 is 1.62 bits per heavy atom. The molecule has 0 aliphatic carbocycles. The zero-order chi connectivity index (χ0) is 12.3. The average molecular weight is 222 g/mol. The minimum absolute atomic E-state index is 0.232. The molecule has 16 heavy (non-hydrogen) atoms. The molecule has 6 heteroatoms. The summed E-state index contributed by atoms with van der Waals surface area (Å²) in [7, 11) is 2.97. The molecular formula is C10H14N4O2. The average Bonchev–Trinajstić information content (AvgIpc) is 2.27. The molecule has 2 amide bonds. The van der Waals surface area contributed by atoms with Gasteiger partial charge in [-0.3, -0.25) is 9.59 Å². The zero-order valence-electron chi connectivity index (χ0n) is 9.13. The van der Waals surface area contributed by atoms with Crippen LogP contribution in [0.25, 0.3) is 0 Å². The molecular weight excluding hydrogens is 208 g/mol. The molecule has 1 aromatic rings. The van der Waals surface area contributed by atoms with Gasteiger partial charge in [0.25, 0.3) is 11.8 Å². The molecule has 0 aliphatic heterocycles. The second kappa shape index (κ2) is 4.52. The van der Waals surface area contributed by atoms with Gasteiger partial charge in [-0.05, 0) is 12.1 Å². The third-order valence-corrected chi connectivity index (χ3v) is 2.17. The van der Waals surface area contributed by atoms with Gasteiger partial charge in [0.05, 0.1) is 11.1 Å². The lowest BCUT2D eigenvalue weighted by molar-refractivity contribution is 0.0963. The Bertz CT molecular complexity index is 405. The topological polar surface area (TPSA) is 110 Å².